The predicted octanol–water partition coefficient (Wildman–Crippen LogP) is 1.41. The number of halogens is 1. The Morgan fingerprint density at radius 1 is 1.45 bits per heavy atom. The zero-order chi connectivity index (χ0) is 14.7. The Balaban J connectivity index is 2.14. The topological polar surface area (TPSA) is 71.8 Å². The monoisotopic (exact) mass is 344 g/mol. The number of nitrogens with one attached hydrogen (secondary N) is 1. The average molecular weight is 345 g/mol. The molecule has 1 aliphatic rings. The molecule has 1 aliphatic heterocycles. The summed E-state index contributed by atoms with van der Waals surface area (Å²) in [6.07, 6.45) is 0. The van der Waals surface area contributed by atoms with Crippen LogP contribution in [0.3, 0.4) is 0 Å². The highest BCUT2D eigenvalue weighted by atomic mass is 79.9. The zero-order valence-electron chi connectivity index (χ0n) is 11.4. The molecular formula is C13H17BrN2O4. The number of hydrogen-bond donors (Lipinski definition) is 1. The molecule has 1 fully saturated rings. The molecule has 1 N–H and O–H groups in total. The normalized spacial score (nSPS) is 19.2. The predicted molar refractivity (Wildman–Crippen MR) is 75.3 cm³/mol. The molecule has 110 valence electrons. The van der Waals surface area contributed by atoms with Gasteiger partial charge in [-0.15, -0.1) is 0 Å². The molecule has 6 nitrogen and oxygen atoms in total. The van der Waals surface area contributed by atoms with Gasteiger partial charge in [-0.05, 0) is 41.9 Å². The van der Waals surface area contributed by atoms with E-state index in [0.717, 1.165) is 0 Å². The summed E-state index contributed by atoms with van der Waals surface area (Å²) in [7, 11) is 0. The molecule has 2 heterocycles. The standard InChI is InChI=1S/C13H17BrN2O4/c1-8(2)15-12(17)9-7-19-6-5-16(9)13(18)10-3-4-11(14)20-10/h3-4,8-9H,5-7H2,1-2H3,(H,15,17). The second-order valence-electron chi connectivity index (χ2n) is 4.86. The maximum absolute atomic E-state index is 12.4. The van der Waals surface area contributed by atoms with Crippen LogP contribution in [-0.4, -0.2) is 48.6 Å². The van der Waals surface area contributed by atoms with E-state index in [9.17, 15) is 9.59 Å². The van der Waals surface area contributed by atoms with Gasteiger partial charge in [0.25, 0.3) is 5.91 Å². The summed E-state index contributed by atoms with van der Waals surface area (Å²) in [6.45, 7) is 4.73. The Hall–Kier alpha value is -1.34. The summed E-state index contributed by atoms with van der Waals surface area (Å²) >= 11 is 3.16. The van der Waals surface area contributed by atoms with E-state index >= 15 is 0 Å². The number of nitrogens with zero attached hydrogens (tertiary/aromatic N) is 1. The number of carbonyl (C=O) groups excluding carboxylic acids is 2. The molecule has 1 aromatic heterocycles. The van der Waals surface area contributed by atoms with E-state index in [1.54, 1.807) is 12.1 Å². The molecule has 0 saturated carbocycles. The van der Waals surface area contributed by atoms with Crippen molar-refractivity contribution in [3.05, 3.63) is 22.6 Å². The lowest BCUT2D eigenvalue weighted by Crippen LogP contribution is -2.56. The smallest absolute Gasteiger partial charge is 0.290 e. The Bertz CT molecular complexity index is 500. The highest BCUT2D eigenvalue weighted by molar-refractivity contribution is 9.10. The summed E-state index contributed by atoms with van der Waals surface area (Å²) in [5.74, 6) is -0.303. The van der Waals surface area contributed by atoms with Crippen LogP contribution in [0.1, 0.15) is 24.4 Å². The first-order valence-electron chi connectivity index (χ1n) is 6.43. The van der Waals surface area contributed by atoms with Crippen LogP contribution < -0.4 is 5.32 Å². The van der Waals surface area contributed by atoms with E-state index in [1.807, 2.05) is 13.8 Å². The summed E-state index contributed by atoms with van der Waals surface area (Å²) in [6, 6.07) is 2.62. The van der Waals surface area contributed by atoms with Crippen molar-refractivity contribution < 1.29 is 18.7 Å². The van der Waals surface area contributed by atoms with Gasteiger partial charge in [0, 0.05) is 12.6 Å². The number of ether oxygens (including phenoxy) is 1. The summed E-state index contributed by atoms with van der Waals surface area (Å²) in [5, 5.41) is 2.80. The Morgan fingerprint density at radius 3 is 2.80 bits per heavy atom. The van der Waals surface area contributed by atoms with Crippen molar-refractivity contribution in [2.45, 2.75) is 25.9 Å². The third-order valence-electron chi connectivity index (χ3n) is 2.91. The van der Waals surface area contributed by atoms with Crippen molar-refractivity contribution >= 4 is 27.7 Å². The van der Waals surface area contributed by atoms with Gasteiger partial charge < -0.3 is 19.4 Å². The van der Waals surface area contributed by atoms with Gasteiger partial charge in [-0.1, -0.05) is 0 Å². The van der Waals surface area contributed by atoms with Gasteiger partial charge in [0.2, 0.25) is 5.91 Å². The molecule has 0 aliphatic carbocycles. The number of carbonyl (C=O) groups is 2. The van der Waals surface area contributed by atoms with Crippen molar-refractivity contribution in [3.63, 3.8) is 0 Å². The molecule has 1 aromatic rings. The van der Waals surface area contributed by atoms with Crippen LogP contribution in [0, 0.1) is 0 Å². The lowest BCUT2D eigenvalue weighted by molar-refractivity contribution is -0.131. The highest BCUT2D eigenvalue weighted by Crippen LogP contribution is 2.18. The molecule has 1 unspecified atom stereocenters. The van der Waals surface area contributed by atoms with Crippen molar-refractivity contribution in [1.82, 2.24) is 10.2 Å². The van der Waals surface area contributed by atoms with E-state index in [0.29, 0.717) is 17.8 Å². The van der Waals surface area contributed by atoms with Crippen molar-refractivity contribution in [1.29, 1.82) is 0 Å². The minimum Gasteiger partial charge on any atom is -0.444 e. The molecule has 0 radical (unpaired) electrons. The Morgan fingerprint density at radius 2 is 2.20 bits per heavy atom. The molecule has 1 saturated heterocycles. The SMILES string of the molecule is CC(C)NC(=O)C1COCCN1C(=O)c1ccc(Br)o1. The molecule has 2 rings (SSSR count). The fourth-order valence-corrected chi connectivity index (χ4v) is 2.32. The molecule has 0 aromatic carbocycles. The maximum Gasteiger partial charge on any atom is 0.290 e. The Kier molecular flexibility index (Phi) is 4.82. The first-order valence-corrected chi connectivity index (χ1v) is 7.22. The van der Waals surface area contributed by atoms with E-state index in [4.69, 9.17) is 9.15 Å². The summed E-state index contributed by atoms with van der Waals surface area (Å²) < 4.78 is 11.1. The van der Waals surface area contributed by atoms with E-state index in [-0.39, 0.29) is 30.2 Å². The van der Waals surface area contributed by atoms with Gasteiger partial charge >= 0.3 is 0 Å². The van der Waals surface area contributed by atoms with Gasteiger partial charge in [0.05, 0.1) is 13.2 Å². The molecule has 0 spiro atoms. The number of rotatable bonds is 3. The molecule has 0 bridgehead atoms. The minimum atomic E-state index is -0.623. The van der Waals surface area contributed by atoms with E-state index < -0.39 is 6.04 Å². The summed E-state index contributed by atoms with van der Waals surface area (Å²) in [4.78, 5) is 26.0. The zero-order valence-corrected chi connectivity index (χ0v) is 13.0. The van der Waals surface area contributed by atoms with Crippen LogP contribution in [0.15, 0.2) is 21.2 Å². The third kappa shape index (κ3) is 3.40. The number of morpholine rings is 1. The van der Waals surface area contributed by atoms with Gasteiger partial charge in [-0.2, -0.15) is 0 Å². The van der Waals surface area contributed by atoms with Crippen LogP contribution in [0.4, 0.5) is 0 Å². The van der Waals surface area contributed by atoms with Crippen molar-refractivity contribution in [3.8, 4) is 0 Å². The molecular weight excluding hydrogens is 328 g/mol. The quantitative estimate of drug-likeness (QED) is 0.899. The largest absolute Gasteiger partial charge is 0.444 e. The summed E-state index contributed by atoms with van der Waals surface area (Å²) in [5.41, 5.74) is 0. The van der Waals surface area contributed by atoms with E-state index in [2.05, 4.69) is 21.2 Å². The fraction of sp³-hybridized carbons (Fsp3) is 0.538. The fourth-order valence-electron chi connectivity index (χ4n) is 2.02. The third-order valence-corrected chi connectivity index (χ3v) is 3.33. The van der Waals surface area contributed by atoms with Gasteiger partial charge in [-0.3, -0.25) is 9.59 Å². The molecule has 20 heavy (non-hydrogen) atoms. The second kappa shape index (κ2) is 6.41. The van der Waals surface area contributed by atoms with Crippen LogP contribution in [-0.2, 0) is 9.53 Å². The first kappa shape index (κ1) is 15.1. The Labute approximate surface area is 125 Å². The van der Waals surface area contributed by atoms with Crippen LogP contribution in [0.25, 0.3) is 0 Å². The minimum absolute atomic E-state index is 0.0131. The average Bonchev–Trinajstić information content (AvgIpc) is 2.84. The second-order valence-corrected chi connectivity index (χ2v) is 5.64. The maximum atomic E-state index is 12.4. The van der Waals surface area contributed by atoms with Crippen LogP contribution in [0.2, 0.25) is 0 Å². The first-order chi connectivity index (χ1) is 9.49. The van der Waals surface area contributed by atoms with Crippen LogP contribution in [0.5, 0.6) is 0 Å². The molecule has 1 atom stereocenters. The lowest BCUT2D eigenvalue weighted by atomic mass is 10.2. The van der Waals surface area contributed by atoms with Gasteiger partial charge in [0.1, 0.15) is 6.04 Å². The van der Waals surface area contributed by atoms with Gasteiger partial charge in [0.15, 0.2) is 10.4 Å². The molecule has 7 heteroatoms. The lowest BCUT2D eigenvalue weighted by Gasteiger charge is -2.34. The number of amides is 2. The highest BCUT2D eigenvalue weighted by Gasteiger charge is 2.34. The van der Waals surface area contributed by atoms with Crippen molar-refractivity contribution in [2.75, 3.05) is 19.8 Å². The number of hydrogen-bond acceptors (Lipinski definition) is 4. The van der Waals surface area contributed by atoms with E-state index in [1.165, 1.54) is 4.90 Å². The van der Waals surface area contributed by atoms with Crippen LogP contribution >= 0.6 is 15.9 Å². The van der Waals surface area contributed by atoms with Crippen molar-refractivity contribution in [2.24, 2.45) is 0 Å². The molecule has 2 amide bonds. The van der Waals surface area contributed by atoms with Gasteiger partial charge in [-0.25, -0.2) is 0 Å². The number of furan rings is 1.